The highest BCUT2D eigenvalue weighted by molar-refractivity contribution is 5.83. The van der Waals surface area contributed by atoms with Crippen molar-refractivity contribution in [3.8, 4) is 0 Å². The number of esters is 2. The lowest BCUT2D eigenvalue weighted by molar-refractivity contribution is -0.167. The van der Waals surface area contributed by atoms with Crippen molar-refractivity contribution in [3.05, 3.63) is 0 Å². The van der Waals surface area contributed by atoms with E-state index in [0.29, 0.717) is 6.42 Å². The third-order valence-corrected chi connectivity index (χ3v) is 4.71. The number of aliphatic hydroxyl groups is 1. The monoisotopic (exact) mass is 286 g/mol. The fourth-order valence-corrected chi connectivity index (χ4v) is 3.56. The third-order valence-electron chi connectivity index (χ3n) is 4.71. The molecule has 0 heterocycles. The molecule has 0 spiro atoms. The zero-order valence-corrected chi connectivity index (χ0v) is 13.1. The number of unbranched alkanes of at least 4 members (excludes halogenated alkanes) is 1. The van der Waals surface area contributed by atoms with Gasteiger partial charge in [-0.05, 0) is 33.1 Å². The normalized spacial score (nSPS) is 36.7. The van der Waals surface area contributed by atoms with Crippen LogP contribution in [0.25, 0.3) is 0 Å². The summed E-state index contributed by atoms with van der Waals surface area (Å²) in [6.07, 6.45) is 2.63. The molecule has 1 N–H and O–H groups in total. The molecule has 0 aliphatic heterocycles. The van der Waals surface area contributed by atoms with E-state index in [4.69, 9.17) is 9.47 Å². The van der Waals surface area contributed by atoms with Crippen LogP contribution in [0.1, 0.15) is 52.9 Å². The molecule has 0 bridgehead atoms. The summed E-state index contributed by atoms with van der Waals surface area (Å²) in [7, 11) is 2.63. The molecule has 20 heavy (non-hydrogen) atoms. The molecule has 1 saturated carbocycles. The minimum absolute atomic E-state index is 0.221. The fraction of sp³-hybridized carbons (Fsp3) is 0.867. The van der Waals surface area contributed by atoms with Gasteiger partial charge in [0.05, 0.1) is 30.7 Å². The molecule has 3 atom stereocenters. The summed E-state index contributed by atoms with van der Waals surface area (Å²) < 4.78 is 9.71. The summed E-state index contributed by atoms with van der Waals surface area (Å²) in [5.41, 5.74) is -3.18. The minimum Gasteiger partial charge on any atom is -0.469 e. The first-order chi connectivity index (χ1) is 9.19. The van der Waals surface area contributed by atoms with Crippen LogP contribution in [-0.4, -0.2) is 36.9 Å². The number of rotatable bonds is 5. The van der Waals surface area contributed by atoms with Gasteiger partial charge in [0, 0.05) is 0 Å². The van der Waals surface area contributed by atoms with E-state index in [1.165, 1.54) is 14.2 Å². The summed E-state index contributed by atoms with van der Waals surface area (Å²) in [4.78, 5) is 24.2. The standard InChI is InChI=1S/C15H26O5/c1-6-7-8-15(18)10-13(2,11(16)19-4)9-14(15,3)12(17)20-5/h18H,6-10H2,1-5H3/t13-,14+,15+/m0/s1. The first-order valence-corrected chi connectivity index (χ1v) is 7.08. The van der Waals surface area contributed by atoms with Crippen molar-refractivity contribution >= 4 is 11.9 Å². The maximum Gasteiger partial charge on any atom is 0.314 e. The van der Waals surface area contributed by atoms with Gasteiger partial charge in [-0.25, -0.2) is 0 Å². The highest BCUT2D eigenvalue weighted by Gasteiger charge is 2.65. The molecule has 0 amide bonds. The Labute approximate surface area is 120 Å². The van der Waals surface area contributed by atoms with E-state index in [1.807, 2.05) is 6.92 Å². The molecule has 0 unspecified atom stereocenters. The molecule has 1 fully saturated rings. The number of carbonyl (C=O) groups excluding carboxylic acids is 2. The maximum absolute atomic E-state index is 12.2. The Kier molecular flexibility index (Phi) is 4.85. The summed E-state index contributed by atoms with van der Waals surface area (Å²) in [6.45, 7) is 5.44. The van der Waals surface area contributed by atoms with Crippen LogP contribution in [-0.2, 0) is 19.1 Å². The zero-order chi connectivity index (χ0) is 15.6. The van der Waals surface area contributed by atoms with E-state index in [0.717, 1.165) is 12.8 Å². The van der Waals surface area contributed by atoms with Crippen molar-refractivity contribution in [1.29, 1.82) is 0 Å². The average molecular weight is 286 g/mol. The second-order valence-corrected chi connectivity index (χ2v) is 6.36. The van der Waals surface area contributed by atoms with Crippen molar-refractivity contribution in [2.45, 2.75) is 58.5 Å². The molecule has 0 aromatic heterocycles. The molecule has 5 nitrogen and oxygen atoms in total. The Hall–Kier alpha value is -1.10. The average Bonchev–Trinajstić information content (AvgIpc) is 2.63. The first-order valence-electron chi connectivity index (χ1n) is 7.08. The molecule has 1 rings (SSSR count). The van der Waals surface area contributed by atoms with E-state index >= 15 is 0 Å². The molecular formula is C15H26O5. The van der Waals surface area contributed by atoms with E-state index < -0.39 is 22.4 Å². The lowest BCUT2D eigenvalue weighted by atomic mass is 9.73. The predicted octanol–water partition coefficient (Wildman–Crippen LogP) is 2.06. The van der Waals surface area contributed by atoms with Crippen molar-refractivity contribution in [2.75, 3.05) is 14.2 Å². The van der Waals surface area contributed by atoms with Gasteiger partial charge in [-0.15, -0.1) is 0 Å². The molecule has 0 saturated heterocycles. The number of carbonyl (C=O) groups is 2. The van der Waals surface area contributed by atoms with Crippen molar-refractivity contribution in [2.24, 2.45) is 10.8 Å². The van der Waals surface area contributed by atoms with Crippen LogP contribution in [0.4, 0.5) is 0 Å². The van der Waals surface area contributed by atoms with Crippen molar-refractivity contribution in [1.82, 2.24) is 0 Å². The molecule has 5 heteroatoms. The van der Waals surface area contributed by atoms with Gasteiger partial charge >= 0.3 is 11.9 Å². The molecule has 1 aliphatic carbocycles. The Morgan fingerprint density at radius 3 is 2.10 bits per heavy atom. The summed E-state index contributed by atoms with van der Waals surface area (Å²) in [5.74, 6) is -0.858. The number of methoxy groups -OCH3 is 2. The van der Waals surface area contributed by atoms with Gasteiger partial charge in [0.1, 0.15) is 0 Å². The van der Waals surface area contributed by atoms with E-state index in [1.54, 1.807) is 13.8 Å². The van der Waals surface area contributed by atoms with Crippen molar-refractivity contribution < 1.29 is 24.2 Å². The summed E-state index contributed by atoms with van der Waals surface area (Å²) >= 11 is 0. The van der Waals surface area contributed by atoms with Crippen LogP contribution in [0, 0.1) is 10.8 Å². The molecule has 116 valence electrons. The van der Waals surface area contributed by atoms with Crippen LogP contribution in [0.2, 0.25) is 0 Å². The van der Waals surface area contributed by atoms with Crippen LogP contribution < -0.4 is 0 Å². The van der Waals surface area contributed by atoms with Crippen LogP contribution in [0.15, 0.2) is 0 Å². The fourth-order valence-electron chi connectivity index (χ4n) is 3.56. The van der Waals surface area contributed by atoms with Gasteiger partial charge in [0.25, 0.3) is 0 Å². The smallest absolute Gasteiger partial charge is 0.314 e. The Bertz CT molecular complexity index is 394. The van der Waals surface area contributed by atoms with E-state index in [9.17, 15) is 14.7 Å². The highest BCUT2D eigenvalue weighted by Crippen LogP contribution is 2.58. The second-order valence-electron chi connectivity index (χ2n) is 6.36. The van der Waals surface area contributed by atoms with Gasteiger partial charge < -0.3 is 14.6 Å². The lowest BCUT2D eigenvalue weighted by Crippen LogP contribution is -2.47. The Morgan fingerprint density at radius 1 is 1.10 bits per heavy atom. The van der Waals surface area contributed by atoms with Crippen molar-refractivity contribution in [3.63, 3.8) is 0 Å². The van der Waals surface area contributed by atoms with Crippen LogP contribution in [0.3, 0.4) is 0 Å². The van der Waals surface area contributed by atoms with Gasteiger partial charge in [-0.2, -0.15) is 0 Å². The third kappa shape index (κ3) is 2.55. The maximum atomic E-state index is 12.2. The molecule has 0 aromatic rings. The second kappa shape index (κ2) is 5.72. The SMILES string of the molecule is CCCC[C@@]1(O)C[C@@](C)(C(=O)OC)C[C@]1(C)C(=O)OC. The Morgan fingerprint density at radius 2 is 1.65 bits per heavy atom. The summed E-state index contributed by atoms with van der Waals surface area (Å²) in [6, 6.07) is 0. The van der Waals surface area contributed by atoms with Gasteiger partial charge in [0.2, 0.25) is 0 Å². The minimum atomic E-state index is -1.24. The highest BCUT2D eigenvalue weighted by atomic mass is 16.5. The lowest BCUT2D eigenvalue weighted by Gasteiger charge is -2.37. The topological polar surface area (TPSA) is 72.8 Å². The van der Waals surface area contributed by atoms with Crippen LogP contribution in [0.5, 0.6) is 0 Å². The van der Waals surface area contributed by atoms with Gasteiger partial charge in [-0.1, -0.05) is 19.8 Å². The number of hydrogen-bond donors (Lipinski definition) is 1. The predicted molar refractivity (Wildman–Crippen MR) is 74.0 cm³/mol. The molecule has 1 aliphatic rings. The first kappa shape index (κ1) is 17.0. The summed E-state index contributed by atoms with van der Waals surface area (Å²) in [5, 5.41) is 11.0. The van der Waals surface area contributed by atoms with Gasteiger partial charge in [0.15, 0.2) is 0 Å². The Balaban J connectivity index is 3.18. The largest absolute Gasteiger partial charge is 0.469 e. The number of hydrogen-bond acceptors (Lipinski definition) is 5. The van der Waals surface area contributed by atoms with E-state index in [-0.39, 0.29) is 18.8 Å². The van der Waals surface area contributed by atoms with Crippen LogP contribution >= 0.6 is 0 Å². The molecule has 0 aromatic carbocycles. The quantitative estimate of drug-likeness (QED) is 0.783. The van der Waals surface area contributed by atoms with Gasteiger partial charge in [-0.3, -0.25) is 9.59 Å². The molecule has 0 radical (unpaired) electrons. The molecular weight excluding hydrogens is 260 g/mol. The number of ether oxygens (including phenoxy) is 2. The zero-order valence-electron chi connectivity index (χ0n) is 13.1. The van der Waals surface area contributed by atoms with E-state index in [2.05, 4.69) is 0 Å².